The molecule has 0 aromatic carbocycles. The number of hydrogen-bond acceptors (Lipinski definition) is 5. The summed E-state index contributed by atoms with van der Waals surface area (Å²) in [5.74, 6) is -0.413. The Morgan fingerprint density at radius 2 is 2.24 bits per heavy atom. The van der Waals surface area contributed by atoms with Gasteiger partial charge in [-0.3, -0.25) is 9.88 Å². The molecule has 114 valence electrons. The van der Waals surface area contributed by atoms with Gasteiger partial charge in [-0.25, -0.2) is 9.59 Å². The monoisotopic (exact) mass is 404 g/mol. The number of ether oxygens (including phenoxy) is 2. The second-order valence-corrected chi connectivity index (χ2v) is 5.80. The Morgan fingerprint density at radius 1 is 1.48 bits per heavy atom. The molecular weight excluding hydrogens is 387 g/mol. The summed E-state index contributed by atoms with van der Waals surface area (Å²) < 4.78 is 10.9. The van der Waals surface area contributed by atoms with Gasteiger partial charge in [0.1, 0.15) is 6.04 Å². The number of carbonyl (C=O) groups excluding carboxylic acids is 2. The number of pyridine rings is 1. The van der Waals surface area contributed by atoms with Gasteiger partial charge < -0.3 is 9.47 Å². The highest BCUT2D eigenvalue weighted by atomic mass is 127. The van der Waals surface area contributed by atoms with Gasteiger partial charge in [-0.15, -0.1) is 0 Å². The molecule has 0 bridgehead atoms. The summed E-state index contributed by atoms with van der Waals surface area (Å²) in [5.41, 5.74) is 0.928. The summed E-state index contributed by atoms with van der Waals surface area (Å²) in [6, 6.07) is 1.06. The van der Waals surface area contributed by atoms with Crippen LogP contribution in [0.2, 0.25) is 0 Å². The minimum absolute atomic E-state index is 0.214. The number of likely N-dealkylation sites (tertiary alicyclic amines) is 1. The van der Waals surface area contributed by atoms with Crippen LogP contribution in [0.4, 0.5) is 4.79 Å². The number of aromatic nitrogens is 1. The average Bonchev–Trinajstić information content (AvgIpc) is 2.92. The van der Waals surface area contributed by atoms with Crippen LogP contribution in [0.25, 0.3) is 0 Å². The van der Waals surface area contributed by atoms with E-state index < -0.39 is 18.1 Å². The number of esters is 1. The smallest absolute Gasteiger partial charge is 0.411 e. The Hall–Kier alpha value is -1.38. The van der Waals surface area contributed by atoms with Gasteiger partial charge in [-0.05, 0) is 48.4 Å². The van der Waals surface area contributed by atoms with Crippen molar-refractivity contribution >= 4 is 34.7 Å². The van der Waals surface area contributed by atoms with Crippen LogP contribution in [0.3, 0.4) is 0 Å². The van der Waals surface area contributed by atoms with E-state index in [1.54, 1.807) is 19.3 Å². The maximum atomic E-state index is 12.2. The SMILES string of the molecule is CCOC(=O)N1[C@@H](C(=O)OC)CC[C@H]1c1cnccc1I. The molecule has 0 radical (unpaired) electrons. The Kier molecular flexibility index (Phi) is 5.38. The average molecular weight is 404 g/mol. The Balaban J connectivity index is 2.34. The zero-order chi connectivity index (χ0) is 15.4. The molecular formula is C14H17IN2O4. The quantitative estimate of drug-likeness (QED) is 0.572. The molecule has 1 saturated heterocycles. The van der Waals surface area contributed by atoms with Crippen LogP contribution in [0.15, 0.2) is 18.5 Å². The van der Waals surface area contributed by atoms with Gasteiger partial charge in [0.2, 0.25) is 0 Å². The van der Waals surface area contributed by atoms with E-state index in [1.165, 1.54) is 12.0 Å². The van der Waals surface area contributed by atoms with Crippen LogP contribution in [0.5, 0.6) is 0 Å². The van der Waals surface area contributed by atoms with E-state index in [4.69, 9.17) is 9.47 Å². The van der Waals surface area contributed by atoms with Crippen molar-refractivity contribution in [3.8, 4) is 0 Å². The van der Waals surface area contributed by atoms with Crippen molar-refractivity contribution in [2.45, 2.75) is 31.8 Å². The third-order valence-corrected chi connectivity index (χ3v) is 4.47. The van der Waals surface area contributed by atoms with Gasteiger partial charge in [0.05, 0.1) is 19.8 Å². The van der Waals surface area contributed by atoms with Crippen LogP contribution < -0.4 is 0 Å². The van der Waals surface area contributed by atoms with Crippen LogP contribution in [0, 0.1) is 3.57 Å². The maximum Gasteiger partial charge on any atom is 0.411 e. The first-order valence-corrected chi connectivity index (χ1v) is 7.80. The molecule has 2 atom stereocenters. The third-order valence-electron chi connectivity index (χ3n) is 3.49. The van der Waals surface area contributed by atoms with Gasteiger partial charge in [-0.1, -0.05) is 0 Å². The van der Waals surface area contributed by atoms with Crippen LogP contribution in [-0.2, 0) is 14.3 Å². The number of hydrogen-bond donors (Lipinski definition) is 0. The molecule has 0 aliphatic carbocycles. The highest BCUT2D eigenvalue weighted by molar-refractivity contribution is 14.1. The second-order valence-electron chi connectivity index (χ2n) is 4.64. The normalized spacial score (nSPS) is 21.2. The molecule has 1 aromatic heterocycles. The highest BCUT2D eigenvalue weighted by Gasteiger charge is 2.43. The fraction of sp³-hybridized carbons (Fsp3) is 0.500. The molecule has 1 aromatic rings. The van der Waals surface area contributed by atoms with Crippen LogP contribution in [0.1, 0.15) is 31.4 Å². The van der Waals surface area contributed by atoms with E-state index >= 15 is 0 Å². The van der Waals surface area contributed by atoms with Gasteiger partial charge >= 0.3 is 12.1 Å². The number of carbonyl (C=O) groups is 2. The van der Waals surface area contributed by atoms with Gasteiger partial charge in [0, 0.05) is 21.5 Å². The largest absolute Gasteiger partial charge is 0.467 e. The molecule has 21 heavy (non-hydrogen) atoms. The molecule has 1 amide bonds. The summed E-state index contributed by atoms with van der Waals surface area (Å²) in [4.78, 5) is 29.8. The lowest BCUT2D eigenvalue weighted by atomic mass is 10.1. The predicted octanol–water partition coefficient (Wildman–Crippen LogP) is 2.52. The van der Waals surface area contributed by atoms with E-state index in [2.05, 4.69) is 27.6 Å². The number of halogens is 1. The lowest BCUT2D eigenvalue weighted by Crippen LogP contribution is -2.42. The molecule has 1 fully saturated rings. The van der Waals surface area contributed by atoms with E-state index in [1.807, 2.05) is 6.07 Å². The summed E-state index contributed by atoms with van der Waals surface area (Å²) in [7, 11) is 1.33. The predicted molar refractivity (Wildman–Crippen MR) is 83.6 cm³/mol. The van der Waals surface area contributed by atoms with Crippen LogP contribution in [-0.4, -0.2) is 41.7 Å². The fourth-order valence-corrected chi connectivity index (χ4v) is 3.23. The zero-order valence-corrected chi connectivity index (χ0v) is 14.1. The number of methoxy groups -OCH3 is 1. The van der Waals surface area contributed by atoms with Crippen molar-refractivity contribution in [3.63, 3.8) is 0 Å². The first kappa shape index (κ1) is 16.0. The molecule has 7 heteroatoms. The molecule has 2 rings (SSSR count). The molecule has 1 aliphatic rings. The lowest BCUT2D eigenvalue weighted by molar-refractivity contribution is -0.145. The first-order chi connectivity index (χ1) is 10.1. The van der Waals surface area contributed by atoms with Crippen LogP contribution >= 0.6 is 22.6 Å². The van der Waals surface area contributed by atoms with Gasteiger partial charge in [0.15, 0.2) is 0 Å². The van der Waals surface area contributed by atoms with Crippen molar-refractivity contribution in [2.24, 2.45) is 0 Å². The van der Waals surface area contributed by atoms with E-state index in [9.17, 15) is 9.59 Å². The second kappa shape index (κ2) is 7.06. The molecule has 0 spiro atoms. The topological polar surface area (TPSA) is 68.7 Å². The summed E-state index contributed by atoms with van der Waals surface area (Å²) in [6.45, 7) is 2.00. The molecule has 0 N–H and O–H groups in total. The van der Waals surface area contributed by atoms with Crippen molar-refractivity contribution < 1.29 is 19.1 Å². The molecule has 2 heterocycles. The van der Waals surface area contributed by atoms with E-state index in [0.29, 0.717) is 12.8 Å². The van der Waals surface area contributed by atoms with Crippen molar-refractivity contribution in [3.05, 3.63) is 27.6 Å². The third kappa shape index (κ3) is 3.28. The summed E-state index contributed by atoms with van der Waals surface area (Å²) in [6.07, 6.45) is 4.18. The first-order valence-electron chi connectivity index (χ1n) is 6.72. The number of rotatable bonds is 3. The summed E-state index contributed by atoms with van der Waals surface area (Å²) >= 11 is 2.20. The van der Waals surface area contributed by atoms with Crippen molar-refractivity contribution in [1.29, 1.82) is 0 Å². The molecule has 0 saturated carbocycles. The molecule has 0 unspecified atom stereocenters. The summed E-state index contributed by atoms with van der Waals surface area (Å²) in [5, 5.41) is 0. The minimum atomic E-state index is -0.602. The number of nitrogens with zero attached hydrogens (tertiary/aromatic N) is 2. The standard InChI is InChI=1S/C14H17IN2O4/c1-3-21-14(19)17-11(4-5-12(17)13(18)20-2)9-8-16-7-6-10(9)15/h6-8,11-12H,3-5H2,1-2H3/t11-,12+/m0/s1. The lowest BCUT2D eigenvalue weighted by Gasteiger charge is -2.28. The fourth-order valence-electron chi connectivity index (χ4n) is 2.57. The zero-order valence-electron chi connectivity index (χ0n) is 11.9. The highest BCUT2D eigenvalue weighted by Crippen LogP contribution is 2.38. The van der Waals surface area contributed by atoms with Crippen molar-refractivity contribution in [1.82, 2.24) is 9.88 Å². The van der Waals surface area contributed by atoms with Gasteiger partial charge in [-0.2, -0.15) is 0 Å². The molecule has 1 aliphatic heterocycles. The molecule has 6 nitrogen and oxygen atoms in total. The Labute approximate surface area is 137 Å². The van der Waals surface area contributed by atoms with Crippen molar-refractivity contribution in [2.75, 3.05) is 13.7 Å². The Morgan fingerprint density at radius 3 is 2.86 bits per heavy atom. The minimum Gasteiger partial charge on any atom is -0.467 e. The maximum absolute atomic E-state index is 12.2. The van der Waals surface area contributed by atoms with Gasteiger partial charge in [0.25, 0.3) is 0 Å². The van der Waals surface area contributed by atoms with E-state index in [-0.39, 0.29) is 12.6 Å². The number of amides is 1. The Bertz CT molecular complexity index is 537. The van der Waals surface area contributed by atoms with E-state index in [0.717, 1.165) is 9.13 Å².